The smallest absolute Gasteiger partial charge is 0.343 e. The Bertz CT molecular complexity index is 633. The number of carbonyl (C=O) groups excluding carboxylic acids is 2. The highest BCUT2D eigenvalue weighted by molar-refractivity contribution is 6.22. The fourth-order valence-electron chi connectivity index (χ4n) is 1.82. The van der Waals surface area contributed by atoms with Gasteiger partial charge in [-0.05, 0) is 30.7 Å². The van der Waals surface area contributed by atoms with Crippen LogP contribution in [0.2, 0.25) is 0 Å². The van der Waals surface area contributed by atoms with Crippen molar-refractivity contribution in [3.63, 3.8) is 0 Å². The predicted octanol–water partition coefficient (Wildman–Crippen LogP) is 1.66. The first-order chi connectivity index (χ1) is 10.7. The summed E-state index contributed by atoms with van der Waals surface area (Å²) in [7, 11) is 1.23. The summed E-state index contributed by atoms with van der Waals surface area (Å²) in [6.45, 7) is 2.65. The number of esters is 1. The largest absolute Gasteiger partial charge is 0.465 e. The van der Waals surface area contributed by atoms with Crippen LogP contribution in [-0.4, -0.2) is 32.2 Å². The average Bonchev–Trinajstić information content (AvgIpc) is 3.00. The molecule has 0 aliphatic carbocycles. The number of hydrogen-bond acceptors (Lipinski definition) is 6. The lowest BCUT2D eigenvalue weighted by Crippen LogP contribution is -2.17. The molecule has 0 amide bonds. The fourth-order valence-corrected chi connectivity index (χ4v) is 1.82. The van der Waals surface area contributed by atoms with Crippen LogP contribution < -0.4 is 14.8 Å². The number of fused-ring (bicyclic) bond motifs is 1. The van der Waals surface area contributed by atoms with Crippen molar-refractivity contribution < 1.29 is 23.8 Å². The summed E-state index contributed by atoms with van der Waals surface area (Å²) in [4.78, 5) is 23.7. The summed E-state index contributed by atoms with van der Waals surface area (Å²) in [5.41, 5.74) is 0.714. The summed E-state index contributed by atoms with van der Waals surface area (Å²) in [6.07, 6.45) is 4.28. The number of nitrogens with one attached hydrogen (secondary N) is 1. The average molecular weight is 303 g/mol. The number of rotatable bonds is 6. The molecular weight excluding hydrogens is 286 g/mol. The maximum absolute atomic E-state index is 12.1. The molecule has 1 aliphatic rings. The molecule has 1 aliphatic heterocycles. The zero-order valence-electron chi connectivity index (χ0n) is 12.4. The third-order valence-electron chi connectivity index (χ3n) is 2.95. The van der Waals surface area contributed by atoms with E-state index in [-0.39, 0.29) is 12.4 Å². The maximum atomic E-state index is 12.1. The molecule has 116 valence electrons. The SMILES string of the molecule is CCN/C=C(/C(=O)/C=C/c1ccc2c(c1)OCO2)C(=O)OC. The van der Waals surface area contributed by atoms with Crippen molar-refractivity contribution in [2.24, 2.45) is 0 Å². The van der Waals surface area contributed by atoms with Crippen molar-refractivity contribution in [3.05, 3.63) is 41.6 Å². The van der Waals surface area contributed by atoms with Crippen molar-refractivity contribution in [1.29, 1.82) is 0 Å². The molecule has 0 bridgehead atoms. The molecule has 0 unspecified atom stereocenters. The summed E-state index contributed by atoms with van der Waals surface area (Å²) in [5.74, 6) is 0.184. The number of ether oxygens (including phenoxy) is 3. The van der Waals surface area contributed by atoms with E-state index in [0.717, 1.165) is 5.56 Å². The second-order valence-corrected chi connectivity index (χ2v) is 4.42. The quantitative estimate of drug-likeness (QED) is 0.373. The third kappa shape index (κ3) is 3.66. The first kappa shape index (κ1) is 15.6. The molecular formula is C16H17NO5. The van der Waals surface area contributed by atoms with Crippen LogP contribution in [0.25, 0.3) is 6.08 Å². The second-order valence-electron chi connectivity index (χ2n) is 4.42. The number of ketones is 1. The number of methoxy groups -OCH3 is 1. The van der Waals surface area contributed by atoms with Gasteiger partial charge < -0.3 is 19.5 Å². The monoisotopic (exact) mass is 303 g/mol. The Hall–Kier alpha value is -2.76. The van der Waals surface area contributed by atoms with Gasteiger partial charge in [0.1, 0.15) is 5.57 Å². The summed E-state index contributed by atoms with van der Waals surface area (Å²) >= 11 is 0. The van der Waals surface area contributed by atoms with Crippen LogP contribution in [0.15, 0.2) is 36.0 Å². The minimum atomic E-state index is -0.679. The van der Waals surface area contributed by atoms with Crippen molar-refractivity contribution in [3.8, 4) is 11.5 Å². The van der Waals surface area contributed by atoms with Gasteiger partial charge >= 0.3 is 5.97 Å². The molecule has 6 nitrogen and oxygen atoms in total. The van der Waals surface area contributed by atoms with Gasteiger partial charge in [-0.1, -0.05) is 12.1 Å². The lowest BCUT2D eigenvalue weighted by atomic mass is 10.1. The molecule has 0 aromatic heterocycles. The molecule has 0 fully saturated rings. The second kappa shape index (κ2) is 7.31. The topological polar surface area (TPSA) is 73.9 Å². The first-order valence-electron chi connectivity index (χ1n) is 6.79. The normalized spacial score (nSPS) is 13.3. The number of hydrogen-bond donors (Lipinski definition) is 1. The van der Waals surface area contributed by atoms with Crippen molar-refractivity contribution in [2.45, 2.75) is 6.92 Å². The number of benzene rings is 1. The molecule has 0 saturated carbocycles. The van der Waals surface area contributed by atoms with Gasteiger partial charge in [0.2, 0.25) is 6.79 Å². The standard InChI is InChI=1S/C16H17NO5/c1-3-17-9-12(16(19)20-2)13(18)6-4-11-5-7-14-15(8-11)22-10-21-14/h4-9,17H,3,10H2,1-2H3/b6-4+,12-9-. The van der Waals surface area contributed by atoms with E-state index in [0.29, 0.717) is 18.0 Å². The molecule has 22 heavy (non-hydrogen) atoms. The predicted molar refractivity (Wildman–Crippen MR) is 80.4 cm³/mol. The highest BCUT2D eigenvalue weighted by Gasteiger charge is 2.17. The Balaban J connectivity index is 2.13. The summed E-state index contributed by atoms with van der Waals surface area (Å²) in [6, 6.07) is 5.32. The van der Waals surface area contributed by atoms with E-state index in [1.54, 1.807) is 24.3 Å². The van der Waals surface area contributed by atoms with E-state index in [1.165, 1.54) is 19.4 Å². The molecule has 0 spiro atoms. The summed E-state index contributed by atoms with van der Waals surface area (Å²) < 4.78 is 15.1. The van der Waals surface area contributed by atoms with Crippen LogP contribution >= 0.6 is 0 Å². The van der Waals surface area contributed by atoms with Crippen LogP contribution in [0.3, 0.4) is 0 Å². The van der Waals surface area contributed by atoms with E-state index >= 15 is 0 Å². The third-order valence-corrected chi connectivity index (χ3v) is 2.95. The van der Waals surface area contributed by atoms with Gasteiger partial charge in [-0.25, -0.2) is 4.79 Å². The van der Waals surface area contributed by atoms with Crippen LogP contribution in [-0.2, 0) is 14.3 Å². The fraction of sp³-hybridized carbons (Fsp3) is 0.250. The van der Waals surface area contributed by atoms with Gasteiger partial charge in [-0.15, -0.1) is 0 Å². The van der Waals surface area contributed by atoms with E-state index in [4.69, 9.17) is 9.47 Å². The van der Waals surface area contributed by atoms with Gasteiger partial charge in [0.25, 0.3) is 0 Å². The van der Waals surface area contributed by atoms with Gasteiger partial charge in [0.15, 0.2) is 17.3 Å². The first-order valence-corrected chi connectivity index (χ1v) is 6.79. The summed E-state index contributed by atoms with van der Waals surface area (Å²) in [5, 5.41) is 2.82. The Morgan fingerprint density at radius 2 is 2.09 bits per heavy atom. The van der Waals surface area contributed by atoms with Gasteiger partial charge in [-0.2, -0.15) is 0 Å². The Kier molecular flexibility index (Phi) is 5.19. The molecule has 0 saturated heterocycles. The van der Waals surface area contributed by atoms with E-state index in [9.17, 15) is 9.59 Å². The molecule has 1 heterocycles. The zero-order chi connectivity index (χ0) is 15.9. The van der Waals surface area contributed by atoms with E-state index < -0.39 is 11.8 Å². The van der Waals surface area contributed by atoms with Crippen LogP contribution in [0, 0.1) is 0 Å². The zero-order valence-corrected chi connectivity index (χ0v) is 12.4. The molecule has 1 N–H and O–H groups in total. The van der Waals surface area contributed by atoms with E-state index in [2.05, 4.69) is 10.1 Å². The molecule has 1 aromatic rings. The Labute approximate surface area is 128 Å². The van der Waals surface area contributed by atoms with Crippen LogP contribution in [0.4, 0.5) is 0 Å². The van der Waals surface area contributed by atoms with Gasteiger partial charge in [0, 0.05) is 12.7 Å². The highest BCUT2D eigenvalue weighted by atomic mass is 16.7. The highest BCUT2D eigenvalue weighted by Crippen LogP contribution is 2.32. The van der Waals surface area contributed by atoms with Crippen LogP contribution in [0.5, 0.6) is 11.5 Å². The van der Waals surface area contributed by atoms with Crippen molar-refractivity contribution >= 4 is 17.8 Å². The van der Waals surface area contributed by atoms with Gasteiger partial charge in [-0.3, -0.25) is 4.79 Å². The Morgan fingerprint density at radius 1 is 1.32 bits per heavy atom. The van der Waals surface area contributed by atoms with Crippen LogP contribution in [0.1, 0.15) is 12.5 Å². The Morgan fingerprint density at radius 3 is 2.82 bits per heavy atom. The van der Waals surface area contributed by atoms with E-state index in [1.807, 2.05) is 6.92 Å². The van der Waals surface area contributed by atoms with Crippen molar-refractivity contribution in [1.82, 2.24) is 5.32 Å². The molecule has 0 radical (unpaired) electrons. The van der Waals surface area contributed by atoms with Crippen molar-refractivity contribution in [2.75, 3.05) is 20.4 Å². The molecule has 0 atom stereocenters. The minimum absolute atomic E-state index is 0.0543. The lowest BCUT2D eigenvalue weighted by Gasteiger charge is -2.02. The molecule has 6 heteroatoms. The lowest BCUT2D eigenvalue weighted by molar-refractivity contribution is -0.137. The van der Waals surface area contributed by atoms with Gasteiger partial charge in [0.05, 0.1) is 7.11 Å². The number of carbonyl (C=O) groups is 2. The minimum Gasteiger partial charge on any atom is -0.465 e. The number of allylic oxidation sites excluding steroid dienone is 1. The molecule has 2 rings (SSSR count). The maximum Gasteiger partial charge on any atom is 0.343 e. The molecule has 1 aromatic carbocycles.